The minimum atomic E-state index is -4.97. The molecule has 0 radical (unpaired) electrons. The standard InChI is InChI=1S/C29H33F6N3O2/c1-18-5-3-4-6-23(18)25-17-38(26(39)20-7-10-36-11-8-20)12-9-24(25)27(40)37(2)16-19-13-21(28(30,31)32)15-22(14-19)29(33,34)35/h3-6,13-15,20,24-25,36H,7-12,16-17H2,1-2H3/t24-,25+/m0/s1. The molecule has 5 nitrogen and oxygen atoms in total. The Morgan fingerprint density at radius 1 is 0.950 bits per heavy atom. The van der Waals surface area contributed by atoms with Gasteiger partial charge in [0.2, 0.25) is 11.8 Å². The molecular formula is C29H33F6N3O2. The Kier molecular flexibility index (Phi) is 8.82. The summed E-state index contributed by atoms with van der Waals surface area (Å²) in [7, 11) is 1.39. The van der Waals surface area contributed by atoms with E-state index in [0.29, 0.717) is 31.6 Å². The van der Waals surface area contributed by atoms with Gasteiger partial charge in [-0.15, -0.1) is 0 Å². The third-order valence-corrected chi connectivity index (χ3v) is 7.96. The van der Waals surface area contributed by atoms with Crippen LogP contribution in [0.4, 0.5) is 26.3 Å². The van der Waals surface area contributed by atoms with E-state index >= 15 is 0 Å². The number of rotatable bonds is 5. The van der Waals surface area contributed by atoms with E-state index in [1.54, 1.807) is 4.90 Å². The van der Waals surface area contributed by atoms with Gasteiger partial charge in [-0.25, -0.2) is 0 Å². The van der Waals surface area contributed by atoms with Gasteiger partial charge in [-0.1, -0.05) is 24.3 Å². The van der Waals surface area contributed by atoms with Gasteiger partial charge < -0.3 is 15.1 Å². The molecule has 40 heavy (non-hydrogen) atoms. The fraction of sp³-hybridized carbons (Fsp3) is 0.517. The lowest BCUT2D eigenvalue weighted by atomic mass is 9.78. The number of hydrogen-bond acceptors (Lipinski definition) is 3. The molecule has 218 valence electrons. The normalized spacial score (nSPS) is 20.9. The highest BCUT2D eigenvalue weighted by atomic mass is 19.4. The molecule has 2 atom stereocenters. The van der Waals surface area contributed by atoms with Crippen molar-refractivity contribution in [3.8, 4) is 0 Å². The number of nitrogens with one attached hydrogen (secondary N) is 1. The van der Waals surface area contributed by atoms with Crippen LogP contribution in [0.1, 0.15) is 53.0 Å². The zero-order valence-electron chi connectivity index (χ0n) is 22.4. The summed E-state index contributed by atoms with van der Waals surface area (Å²) in [6.07, 6.45) is -8.11. The highest BCUT2D eigenvalue weighted by Gasteiger charge is 2.41. The number of aryl methyl sites for hydroxylation is 1. The monoisotopic (exact) mass is 569 g/mol. The fourth-order valence-electron chi connectivity index (χ4n) is 5.84. The van der Waals surface area contributed by atoms with Crippen molar-refractivity contribution >= 4 is 11.8 Å². The molecule has 0 aliphatic carbocycles. The van der Waals surface area contributed by atoms with Gasteiger partial charge in [0.1, 0.15) is 0 Å². The highest BCUT2D eigenvalue weighted by Crippen LogP contribution is 2.38. The van der Waals surface area contributed by atoms with Crippen LogP contribution in [-0.2, 0) is 28.5 Å². The van der Waals surface area contributed by atoms with Crippen LogP contribution in [0.15, 0.2) is 42.5 Å². The van der Waals surface area contributed by atoms with Gasteiger partial charge in [0.15, 0.2) is 0 Å². The van der Waals surface area contributed by atoms with E-state index in [1.165, 1.54) is 11.9 Å². The lowest BCUT2D eigenvalue weighted by molar-refractivity contribution is -0.144. The van der Waals surface area contributed by atoms with Crippen molar-refractivity contribution in [2.75, 3.05) is 33.2 Å². The summed E-state index contributed by atoms with van der Waals surface area (Å²) in [5.41, 5.74) is -1.25. The van der Waals surface area contributed by atoms with Gasteiger partial charge in [0, 0.05) is 44.4 Å². The predicted octanol–water partition coefficient (Wildman–Crippen LogP) is 5.62. The molecule has 2 aliphatic rings. The number of benzene rings is 2. The van der Waals surface area contributed by atoms with Crippen molar-refractivity contribution in [1.29, 1.82) is 0 Å². The van der Waals surface area contributed by atoms with Crippen molar-refractivity contribution in [3.05, 3.63) is 70.3 Å². The molecule has 2 fully saturated rings. The molecule has 0 spiro atoms. The van der Waals surface area contributed by atoms with E-state index in [1.807, 2.05) is 31.2 Å². The maximum atomic E-state index is 13.7. The van der Waals surface area contributed by atoms with E-state index in [4.69, 9.17) is 0 Å². The smallest absolute Gasteiger partial charge is 0.342 e. The first-order chi connectivity index (χ1) is 18.8. The molecule has 2 aliphatic heterocycles. The maximum Gasteiger partial charge on any atom is 0.416 e. The van der Waals surface area contributed by atoms with Crippen LogP contribution in [0, 0.1) is 18.8 Å². The Hall–Kier alpha value is -3.08. The van der Waals surface area contributed by atoms with E-state index in [9.17, 15) is 35.9 Å². The molecule has 2 heterocycles. The summed E-state index contributed by atoms with van der Waals surface area (Å²) in [6.45, 7) is 3.71. The van der Waals surface area contributed by atoms with E-state index in [2.05, 4.69) is 5.32 Å². The average Bonchev–Trinajstić information content (AvgIpc) is 2.91. The Bertz CT molecular complexity index is 1190. The van der Waals surface area contributed by atoms with Crippen LogP contribution in [0.2, 0.25) is 0 Å². The molecule has 0 bridgehead atoms. The topological polar surface area (TPSA) is 52.7 Å². The number of piperidine rings is 2. The van der Waals surface area contributed by atoms with Crippen molar-refractivity contribution in [1.82, 2.24) is 15.1 Å². The van der Waals surface area contributed by atoms with Crippen LogP contribution in [-0.4, -0.2) is 54.8 Å². The van der Waals surface area contributed by atoms with Crippen LogP contribution >= 0.6 is 0 Å². The van der Waals surface area contributed by atoms with Crippen LogP contribution in [0.5, 0.6) is 0 Å². The van der Waals surface area contributed by atoms with Crippen LogP contribution in [0.25, 0.3) is 0 Å². The number of nitrogens with zero attached hydrogens (tertiary/aromatic N) is 2. The number of alkyl halides is 6. The molecule has 1 N–H and O–H groups in total. The summed E-state index contributed by atoms with van der Waals surface area (Å²) in [4.78, 5) is 30.0. The number of hydrogen-bond donors (Lipinski definition) is 1. The minimum absolute atomic E-state index is 0.0583. The van der Waals surface area contributed by atoms with Crippen LogP contribution < -0.4 is 5.32 Å². The Morgan fingerprint density at radius 3 is 2.12 bits per heavy atom. The van der Waals surface area contributed by atoms with Gasteiger partial charge in [-0.3, -0.25) is 9.59 Å². The summed E-state index contributed by atoms with van der Waals surface area (Å²) in [6, 6.07) is 8.92. The van der Waals surface area contributed by atoms with E-state index < -0.39 is 35.9 Å². The largest absolute Gasteiger partial charge is 0.416 e. The molecular weight excluding hydrogens is 536 g/mol. The van der Waals surface area contributed by atoms with E-state index in [0.717, 1.165) is 37.1 Å². The second kappa shape index (κ2) is 11.8. The first kappa shape index (κ1) is 29.9. The zero-order valence-corrected chi connectivity index (χ0v) is 22.4. The second-order valence-corrected chi connectivity index (χ2v) is 10.8. The van der Waals surface area contributed by atoms with Crippen LogP contribution in [0.3, 0.4) is 0 Å². The maximum absolute atomic E-state index is 13.7. The number of carbonyl (C=O) groups excluding carboxylic acids is 2. The first-order valence-electron chi connectivity index (χ1n) is 13.3. The molecule has 2 aromatic rings. The SMILES string of the molecule is Cc1ccccc1[C@H]1CN(C(=O)C2CCNCC2)CC[C@@H]1C(=O)N(C)Cc1cc(C(F)(F)F)cc(C(F)(F)F)c1. The zero-order chi connectivity index (χ0) is 29.2. The molecule has 0 unspecified atom stereocenters. The van der Waals surface area contributed by atoms with Gasteiger partial charge in [0.25, 0.3) is 0 Å². The molecule has 2 amide bonds. The lowest BCUT2D eigenvalue weighted by Crippen LogP contribution is -2.50. The predicted molar refractivity (Wildman–Crippen MR) is 137 cm³/mol. The molecule has 11 heteroatoms. The summed E-state index contributed by atoms with van der Waals surface area (Å²) < 4.78 is 80.1. The molecule has 0 saturated carbocycles. The van der Waals surface area contributed by atoms with E-state index in [-0.39, 0.29) is 35.3 Å². The van der Waals surface area contributed by atoms with Gasteiger partial charge >= 0.3 is 12.4 Å². The third-order valence-electron chi connectivity index (χ3n) is 7.96. The Labute approximate surface area is 229 Å². The fourth-order valence-corrected chi connectivity index (χ4v) is 5.84. The second-order valence-electron chi connectivity index (χ2n) is 10.8. The van der Waals surface area contributed by atoms with Gasteiger partial charge in [-0.2, -0.15) is 26.3 Å². The lowest BCUT2D eigenvalue weighted by Gasteiger charge is -2.41. The third kappa shape index (κ3) is 6.79. The number of amides is 2. The Morgan fingerprint density at radius 2 is 1.55 bits per heavy atom. The number of likely N-dealkylation sites (tertiary alicyclic amines) is 1. The summed E-state index contributed by atoms with van der Waals surface area (Å²) in [5, 5.41) is 3.25. The molecule has 2 aromatic carbocycles. The van der Waals surface area contributed by atoms with Crippen molar-refractivity contribution < 1.29 is 35.9 Å². The molecule has 2 saturated heterocycles. The van der Waals surface area contributed by atoms with Crippen molar-refractivity contribution in [2.24, 2.45) is 11.8 Å². The molecule has 4 rings (SSSR count). The average molecular weight is 570 g/mol. The first-order valence-corrected chi connectivity index (χ1v) is 13.3. The number of carbonyl (C=O) groups is 2. The minimum Gasteiger partial charge on any atom is -0.342 e. The van der Waals surface area contributed by atoms with Gasteiger partial charge in [0.05, 0.1) is 11.1 Å². The summed E-state index contributed by atoms with van der Waals surface area (Å²) >= 11 is 0. The van der Waals surface area contributed by atoms with Crippen molar-refractivity contribution in [3.63, 3.8) is 0 Å². The van der Waals surface area contributed by atoms with Gasteiger partial charge in [-0.05, 0) is 74.2 Å². The molecule has 0 aromatic heterocycles. The number of halogens is 6. The summed E-state index contributed by atoms with van der Waals surface area (Å²) in [5.74, 6) is -1.35. The highest BCUT2D eigenvalue weighted by molar-refractivity contribution is 5.82. The quantitative estimate of drug-likeness (QED) is 0.476. The van der Waals surface area contributed by atoms with Crippen molar-refractivity contribution in [2.45, 2.75) is 51.0 Å². The Balaban J connectivity index is 1.58.